The van der Waals surface area contributed by atoms with Gasteiger partial charge in [-0.05, 0) is 12.8 Å². The number of hydrogen-bond donors (Lipinski definition) is 0. The van der Waals surface area contributed by atoms with Gasteiger partial charge >= 0.3 is 23.9 Å². The zero-order valence-corrected chi connectivity index (χ0v) is 32.0. The lowest BCUT2D eigenvalue weighted by Crippen LogP contribution is -2.31. The monoisotopic (exact) mass is 768 g/mol. The molecule has 0 aromatic carbocycles. The highest BCUT2D eigenvalue weighted by molar-refractivity contribution is 5.88. The topological polar surface area (TPSA) is 205 Å². The number of nitrogens with zero attached hydrogens (tertiary/aromatic N) is 4. The van der Waals surface area contributed by atoms with Crippen molar-refractivity contribution >= 4 is 47.5 Å². The van der Waals surface area contributed by atoms with E-state index in [0.717, 1.165) is 25.7 Å². The molecule has 4 rings (SSSR count). The Morgan fingerprint density at radius 3 is 0.944 bits per heavy atom. The summed E-state index contributed by atoms with van der Waals surface area (Å²) in [6.45, 7) is 5.20. The van der Waals surface area contributed by atoms with Gasteiger partial charge in [-0.25, -0.2) is 0 Å². The number of carbonyl (C=O) groups is 8. The van der Waals surface area contributed by atoms with Crippen LogP contribution in [0.3, 0.4) is 0 Å². The Bertz CT molecular complexity index is 1230. The van der Waals surface area contributed by atoms with E-state index in [1.807, 2.05) is 0 Å². The highest BCUT2D eigenvalue weighted by atomic mass is 16.5. The Balaban J connectivity index is 0.000000291. The second kappa shape index (κ2) is 22.8. The Morgan fingerprint density at radius 2 is 0.685 bits per heavy atom. The lowest BCUT2D eigenvalue weighted by Gasteiger charge is -2.17. The molecule has 0 N–H and O–H groups in total. The number of likely N-dealkylation sites (tertiary alicyclic amines) is 4. The van der Waals surface area contributed by atoms with Gasteiger partial charge in [0.05, 0.1) is 78.5 Å². The van der Waals surface area contributed by atoms with Crippen LogP contribution in [0.4, 0.5) is 0 Å². The molecule has 4 heterocycles. The van der Waals surface area contributed by atoms with Crippen molar-refractivity contribution in [3.8, 4) is 0 Å². The predicted octanol–water partition coefficient (Wildman–Crippen LogP) is -0.348. The number of ether oxygens (including phenoxy) is 6. The fourth-order valence-electron chi connectivity index (χ4n) is 6.88. The number of carbonyl (C=O) groups excluding carboxylic acids is 8. The number of unbranched alkanes of at least 4 members (excludes halogenated alkanes) is 3. The van der Waals surface area contributed by atoms with E-state index in [4.69, 9.17) is 18.9 Å². The maximum absolute atomic E-state index is 11.9. The average Bonchev–Trinajstić information content (AvgIpc) is 3.95. The summed E-state index contributed by atoms with van der Waals surface area (Å²) in [4.78, 5) is 100.0. The first kappa shape index (κ1) is 44.1. The van der Waals surface area contributed by atoms with Crippen molar-refractivity contribution in [3.05, 3.63) is 0 Å². The van der Waals surface area contributed by atoms with Crippen LogP contribution in [0.5, 0.6) is 0 Å². The van der Waals surface area contributed by atoms with Crippen LogP contribution in [0.2, 0.25) is 0 Å². The molecule has 4 amide bonds. The second-order valence-electron chi connectivity index (χ2n) is 13.7. The lowest BCUT2D eigenvalue weighted by molar-refractivity contribution is -0.145. The highest BCUT2D eigenvalue weighted by Crippen LogP contribution is 2.22. The Morgan fingerprint density at radius 1 is 0.426 bits per heavy atom. The first-order chi connectivity index (χ1) is 25.9. The number of hydrogen-bond acceptors (Lipinski definition) is 14. The van der Waals surface area contributed by atoms with Crippen molar-refractivity contribution in [1.29, 1.82) is 0 Å². The van der Waals surface area contributed by atoms with E-state index in [2.05, 4.69) is 9.47 Å². The Kier molecular flexibility index (Phi) is 18.6. The number of methoxy groups -OCH3 is 4. The molecule has 0 radical (unpaired) electrons. The third-order valence-corrected chi connectivity index (χ3v) is 9.99. The van der Waals surface area contributed by atoms with E-state index in [1.54, 1.807) is 19.6 Å². The maximum atomic E-state index is 11.9. The molecule has 0 saturated carbocycles. The molecule has 0 bridgehead atoms. The molecule has 4 fully saturated rings. The van der Waals surface area contributed by atoms with E-state index in [9.17, 15) is 38.4 Å². The minimum absolute atomic E-state index is 0.0110. The molecule has 0 spiro atoms. The van der Waals surface area contributed by atoms with Gasteiger partial charge in [-0.15, -0.1) is 0 Å². The third-order valence-electron chi connectivity index (χ3n) is 9.99. The molecule has 4 aliphatic rings. The van der Waals surface area contributed by atoms with Crippen LogP contribution in [-0.4, -0.2) is 174 Å². The van der Waals surface area contributed by atoms with Crippen molar-refractivity contribution in [2.24, 2.45) is 23.7 Å². The summed E-state index contributed by atoms with van der Waals surface area (Å²) >= 11 is 0. The number of amides is 4. The molecular formula is C36H56N4O14. The van der Waals surface area contributed by atoms with Crippen LogP contribution in [0, 0.1) is 23.7 Å². The zero-order valence-electron chi connectivity index (χ0n) is 32.0. The SMILES string of the molecule is COC(=O)C1CC(=O)N(CCCCCCN2CC(C(=O)OC)CC2=O)C1.COC(=O)C1CC(=O)N(CCOCCOCCN2CC(C(=O)OC)CC2=O)C1. The van der Waals surface area contributed by atoms with Crippen molar-refractivity contribution in [2.75, 3.05) is 107 Å². The quantitative estimate of drug-likeness (QED) is 0.0883. The van der Waals surface area contributed by atoms with Gasteiger partial charge in [-0.2, -0.15) is 0 Å². The van der Waals surface area contributed by atoms with Gasteiger partial charge in [0.1, 0.15) is 0 Å². The molecule has 304 valence electrons. The molecule has 0 aliphatic carbocycles. The van der Waals surface area contributed by atoms with E-state index < -0.39 is 11.8 Å². The largest absolute Gasteiger partial charge is 0.469 e. The highest BCUT2D eigenvalue weighted by Gasteiger charge is 2.37. The summed E-state index contributed by atoms with van der Waals surface area (Å²) in [7, 11) is 5.31. The van der Waals surface area contributed by atoms with Crippen LogP contribution < -0.4 is 0 Å². The van der Waals surface area contributed by atoms with Gasteiger partial charge in [0.15, 0.2) is 0 Å². The molecule has 18 heteroatoms. The van der Waals surface area contributed by atoms with Gasteiger partial charge in [0.2, 0.25) is 23.6 Å². The molecule has 18 nitrogen and oxygen atoms in total. The van der Waals surface area contributed by atoms with E-state index in [1.165, 1.54) is 28.4 Å². The van der Waals surface area contributed by atoms with E-state index in [-0.39, 0.29) is 85.0 Å². The molecule has 4 aliphatic heterocycles. The summed E-state index contributed by atoms with van der Waals surface area (Å²) in [5.41, 5.74) is 0. The molecule has 0 aromatic rings. The number of rotatable bonds is 20. The molecule has 54 heavy (non-hydrogen) atoms. The van der Waals surface area contributed by atoms with Crippen LogP contribution in [-0.2, 0) is 66.8 Å². The third kappa shape index (κ3) is 13.5. The van der Waals surface area contributed by atoms with Crippen LogP contribution in [0.15, 0.2) is 0 Å². The predicted molar refractivity (Wildman–Crippen MR) is 187 cm³/mol. The summed E-state index contributed by atoms with van der Waals surface area (Å²) < 4.78 is 29.6. The summed E-state index contributed by atoms with van der Waals surface area (Å²) in [5, 5.41) is 0. The minimum atomic E-state index is -0.395. The summed E-state index contributed by atoms with van der Waals surface area (Å²) in [6, 6.07) is 0. The molecule has 4 unspecified atom stereocenters. The molecule has 0 aromatic heterocycles. The fraction of sp³-hybridized carbons (Fsp3) is 0.778. The number of esters is 4. The standard InChI is InChI=1S/C18H28N2O8.C18H28N2O6/c1-25-17(23)13-9-15(21)19(11-13)3-5-27-7-8-28-6-4-20-12-14(10-16(20)22)18(24)26-2;1-25-17(23)13-9-15(21)19(11-13)7-5-3-4-6-8-20-12-14(10-16(20)22)18(24)26-2/h13-14H,3-12H2,1-2H3;13-14H,3-12H2,1-2H3. The minimum Gasteiger partial charge on any atom is -0.469 e. The zero-order chi connectivity index (χ0) is 39.6. The summed E-state index contributed by atoms with van der Waals surface area (Å²) in [5.74, 6) is -2.95. The first-order valence-corrected chi connectivity index (χ1v) is 18.5. The smallest absolute Gasteiger partial charge is 0.310 e. The van der Waals surface area contributed by atoms with Crippen molar-refractivity contribution in [1.82, 2.24) is 19.6 Å². The fourth-order valence-corrected chi connectivity index (χ4v) is 6.88. The van der Waals surface area contributed by atoms with Crippen molar-refractivity contribution < 1.29 is 66.8 Å². The van der Waals surface area contributed by atoms with Crippen LogP contribution in [0.25, 0.3) is 0 Å². The average molecular weight is 769 g/mol. The van der Waals surface area contributed by atoms with Crippen LogP contribution >= 0.6 is 0 Å². The maximum Gasteiger partial charge on any atom is 0.310 e. The van der Waals surface area contributed by atoms with Gasteiger partial charge in [-0.3, -0.25) is 38.4 Å². The normalized spacial score (nSPS) is 22.4. The van der Waals surface area contributed by atoms with Crippen molar-refractivity contribution in [3.63, 3.8) is 0 Å². The Labute approximate surface area is 316 Å². The second-order valence-corrected chi connectivity index (χ2v) is 13.7. The molecule has 4 saturated heterocycles. The van der Waals surface area contributed by atoms with E-state index in [0.29, 0.717) is 78.8 Å². The molecular weight excluding hydrogens is 712 g/mol. The summed E-state index contributed by atoms with van der Waals surface area (Å²) in [6.07, 6.45) is 4.50. The molecule has 4 atom stereocenters. The van der Waals surface area contributed by atoms with Gasteiger partial charge in [-0.1, -0.05) is 12.8 Å². The van der Waals surface area contributed by atoms with Crippen LogP contribution in [0.1, 0.15) is 51.4 Å². The van der Waals surface area contributed by atoms with E-state index >= 15 is 0 Å². The van der Waals surface area contributed by atoms with Gasteiger partial charge in [0.25, 0.3) is 0 Å². The lowest BCUT2D eigenvalue weighted by atomic mass is 10.1. The van der Waals surface area contributed by atoms with Gasteiger partial charge in [0, 0.05) is 78.0 Å². The Hall–Kier alpha value is -4.32. The first-order valence-electron chi connectivity index (χ1n) is 18.5. The van der Waals surface area contributed by atoms with Crippen molar-refractivity contribution in [2.45, 2.75) is 51.4 Å². The van der Waals surface area contributed by atoms with Gasteiger partial charge < -0.3 is 48.0 Å².